The number of rotatable bonds is 5. The van der Waals surface area contributed by atoms with E-state index in [1.165, 1.54) is 12.7 Å². The van der Waals surface area contributed by atoms with Crippen LogP contribution in [0.3, 0.4) is 0 Å². The minimum Gasteiger partial charge on any atom is -0.490 e. The highest BCUT2D eigenvalue weighted by Gasteiger charge is 2.14. The van der Waals surface area contributed by atoms with E-state index in [4.69, 9.17) is 16.3 Å². The lowest BCUT2D eigenvalue weighted by molar-refractivity contribution is 0.402. The molecule has 1 aliphatic rings. The van der Waals surface area contributed by atoms with Gasteiger partial charge in [-0.2, -0.15) is 4.98 Å². The number of allylic oxidation sites excluding steroid dienone is 4. The van der Waals surface area contributed by atoms with Crippen molar-refractivity contribution >= 4 is 23.2 Å². The molecule has 1 unspecified atom stereocenters. The van der Waals surface area contributed by atoms with Crippen molar-refractivity contribution < 1.29 is 4.74 Å². The first-order valence-corrected chi connectivity index (χ1v) is 9.30. The molecule has 0 bridgehead atoms. The van der Waals surface area contributed by atoms with Crippen molar-refractivity contribution in [2.75, 3.05) is 12.4 Å². The molecular formula is C21H24ClN3O2. The zero-order chi connectivity index (χ0) is 19.6. The second kappa shape index (κ2) is 8.01. The number of anilines is 2. The van der Waals surface area contributed by atoms with Gasteiger partial charge in [0.05, 0.1) is 13.3 Å². The third-order valence-corrected chi connectivity index (χ3v) is 5.07. The Bertz CT molecular complexity index is 976. The highest BCUT2D eigenvalue weighted by atomic mass is 35.5. The fourth-order valence-electron chi connectivity index (χ4n) is 3.14. The van der Waals surface area contributed by atoms with E-state index < -0.39 is 5.56 Å². The molecule has 27 heavy (non-hydrogen) atoms. The van der Waals surface area contributed by atoms with E-state index >= 15 is 0 Å². The Kier molecular flexibility index (Phi) is 5.71. The maximum Gasteiger partial charge on any atom is 0.316 e. The summed E-state index contributed by atoms with van der Waals surface area (Å²) in [6, 6.07) is 3.87. The summed E-state index contributed by atoms with van der Waals surface area (Å²) in [7, 11) is 1.48. The second-order valence-electron chi connectivity index (χ2n) is 7.00. The van der Waals surface area contributed by atoms with E-state index in [0.29, 0.717) is 23.4 Å². The lowest BCUT2D eigenvalue weighted by atomic mass is 9.96. The number of nitrogens with one attached hydrogen (secondary N) is 1. The van der Waals surface area contributed by atoms with E-state index in [1.54, 1.807) is 6.20 Å². The van der Waals surface area contributed by atoms with Crippen LogP contribution < -0.4 is 15.6 Å². The van der Waals surface area contributed by atoms with Gasteiger partial charge in [-0.25, -0.2) is 0 Å². The molecule has 1 N–H and O–H groups in total. The molecule has 6 heteroatoms. The van der Waals surface area contributed by atoms with E-state index in [0.717, 1.165) is 23.2 Å². The summed E-state index contributed by atoms with van der Waals surface area (Å²) in [4.78, 5) is 16.4. The fourth-order valence-corrected chi connectivity index (χ4v) is 3.36. The van der Waals surface area contributed by atoms with Gasteiger partial charge in [-0.05, 0) is 55.0 Å². The van der Waals surface area contributed by atoms with Crippen molar-refractivity contribution in [2.24, 2.45) is 5.92 Å². The number of halogens is 1. The van der Waals surface area contributed by atoms with Crippen LogP contribution in [0.5, 0.6) is 5.75 Å². The van der Waals surface area contributed by atoms with Gasteiger partial charge in [-0.3, -0.25) is 4.79 Å². The van der Waals surface area contributed by atoms with Crippen LogP contribution in [0.2, 0.25) is 5.02 Å². The number of hydrogen-bond donors (Lipinski definition) is 1. The molecule has 0 saturated carbocycles. The number of ether oxygens (including phenoxy) is 1. The molecule has 1 aliphatic carbocycles. The molecule has 0 radical (unpaired) electrons. The molecule has 3 rings (SSSR count). The Labute approximate surface area is 164 Å². The average molecular weight is 386 g/mol. The molecular weight excluding hydrogens is 362 g/mol. The van der Waals surface area contributed by atoms with Gasteiger partial charge in [0.25, 0.3) is 0 Å². The van der Waals surface area contributed by atoms with Crippen LogP contribution >= 0.6 is 11.6 Å². The van der Waals surface area contributed by atoms with E-state index in [2.05, 4.69) is 35.5 Å². The number of aryl methyl sites for hydroxylation is 2. The number of aromatic nitrogens is 2. The first kappa shape index (κ1) is 19.2. The van der Waals surface area contributed by atoms with Crippen LogP contribution in [0.4, 0.5) is 11.6 Å². The third-order valence-electron chi connectivity index (χ3n) is 4.66. The van der Waals surface area contributed by atoms with Gasteiger partial charge in [-0.1, -0.05) is 36.8 Å². The lowest BCUT2D eigenvalue weighted by Crippen LogP contribution is -2.19. The van der Waals surface area contributed by atoms with Gasteiger partial charge in [0.1, 0.15) is 0 Å². The Hall–Kier alpha value is -2.53. The predicted molar refractivity (Wildman–Crippen MR) is 110 cm³/mol. The van der Waals surface area contributed by atoms with Gasteiger partial charge in [0.2, 0.25) is 11.7 Å². The predicted octanol–water partition coefficient (Wildman–Crippen LogP) is 4.79. The third kappa shape index (κ3) is 4.42. The van der Waals surface area contributed by atoms with Crippen molar-refractivity contribution in [1.82, 2.24) is 9.55 Å². The Morgan fingerprint density at radius 3 is 2.81 bits per heavy atom. The van der Waals surface area contributed by atoms with Crippen molar-refractivity contribution in [3.05, 3.63) is 68.6 Å². The van der Waals surface area contributed by atoms with Crippen molar-refractivity contribution in [3.63, 3.8) is 0 Å². The smallest absolute Gasteiger partial charge is 0.316 e. The van der Waals surface area contributed by atoms with Gasteiger partial charge in [-0.15, -0.1) is 0 Å². The maximum absolute atomic E-state index is 12.2. The topological polar surface area (TPSA) is 56.1 Å². The van der Waals surface area contributed by atoms with Gasteiger partial charge in [0, 0.05) is 17.3 Å². The molecule has 0 amide bonds. The van der Waals surface area contributed by atoms with Crippen molar-refractivity contribution in [3.8, 4) is 5.75 Å². The normalized spacial score (nSPS) is 16.2. The molecule has 0 saturated heterocycles. The van der Waals surface area contributed by atoms with Gasteiger partial charge in [0.15, 0.2) is 0 Å². The summed E-state index contributed by atoms with van der Waals surface area (Å²) in [5.41, 5.74) is 3.68. The average Bonchev–Trinajstić information content (AvgIpc) is 2.61. The summed E-state index contributed by atoms with van der Waals surface area (Å²) < 4.78 is 7.10. The highest BCUT2D eigenvalue weighted by Crippen LogP contribution is 2.27. The fraction of sp³-hybridized carbons (Fsp3) is 0.333. The standard InChI is InChI=1S/C21H24ClN3O2/c1-13-6-5-7-16(8-13)11-25-12-19(27-4)20(26)24-21(25)23-18-10-14(2)17(22)9-15(18)3/h5-7,9-10,12-13H,8,11H2,1-4H3,(H,23,24,26). The van der Waals surface area contributed by atoms with Crippen molar-refractivity contribution in [1.29, 1.82) is 0 Å². The Morgan fingerprint density at radius 1 is 1.33 bits per heavy atom. The van der Waals surface area contributed by atoms with Crippen LogP contribution in [0.15, 0.2) is 46.9 Å². The number of benzene rings is 1. The molecule has 0 aliphatic heterocycles. The molecule has 1 aromatic heterocycles. The van der Waals surface area contributed by atoms with Gasteiger partial charge >= 0.3 is 5.56 Å². The summed E-state index contributed by atoms with van der Waals surface area (Å²) in [5.74, 6) is 1.20. The first-order valence-electron chi connectivity index (χ1n) is 8.93. The van der Waals surface area contributed by atoms with Crippen molar-refractivity contribution in [2.45, 2.75) is 33.7 Å². The molecule has 1 aromatic carbocycles. The van der Waals surface area contributed by atoms with Gasteiger partial charge < -0.3 is 14.6 Å². The number of methoxy groups -OCH3 is 1. The van der Waals surface area contributed by atoms with Crippen LogP contribution in [0.1, 0.15) is 24.5 Å². The zero-order valence-electron chi connectivity index (χ0n) is 16.0. The molecule has 2 aromatic rings. The molecule has 1 atom stereocenters. The van der Waals surface area contributed by atoms with E-state index in [1.807, 2.05) is 30.5 Å². The van der Waals surface area contributed by atoms with Crippen LogP contribution in [0, 0.1) is 19.8 Å². The first-order chi connectivity index (χ1) is 12.9. The monoisotopic (exact) mass is 385 g/mol. The second-order valence-corrected chi connectivity index (χ2v) is 7.41. The summed E-state index contributed by atoms with van der Waals surface area (Å²) in [6.07, 6.45) is 9.07. The molecule has 0 spiro atoms. The number of hydrogen-bond acceptors (Lipinski definition) is 4. The van der Waals surface area contributed by atoms with Crippen LogP contribution in [-0.2, 0) is 6.54 Å². The minimum absolute atomic E-state index is 0.226. The minimum atomic E-state index is -0.398. The summed E-state index contributed by atoms with van der Waals surface area (Å²) >= 11 is 6.20. The van der Waals surface area contributed by atoms with E-state index in [-0.39, 0.29) is 5.75 Å². The molecule has 142 valence electrons. The van der Waals surface area contributed by atoms with E-state index in [9.17, 15) is 4.79 Å². The summed E-state index contributed by atoms with van der Waals surface area (Å²) in [5, 5.41) is 4.01. The Morgan fingerprint density at radius 2 is 2.11 bits per heavy atom. The largest absolute Gasteiger partial charge is 0.490 e. The molecule has 5 nitrogen and oxygen atoms in total. The lowest BCUT2D eigenvalue weighted by Gasteiger charge is -2.20. The molecule has 0 fully saturated rings. The highest BCUT2D eigenvalue weighted by molar-refractivity contribution is 6.31. The zero-order valence-corrected chi connectivity index (χ0v) is 16.8. The van der Waals surface area contributed by atoms with Crippen LogP contribution in [-0.4, -0.2) is 16.7 Å². The number of nitrogens with zero attached hydrogens (tertiary/aromatic N) is 2. The quantitative estimate of drug-likeness (QED) is 0.804. The Balaban J connectivity index is 2.00. The SMILES string of the molecule is COc1cn(CC2=CC=CC(C)C2)c(Nc2cc(C)c(Cl)cc2C)nc1=O. The molecule has 1 heterocycles. The summed E-state index contributed by atoms with van der Waals surface area (Å²) in [6.45, 7) is 6.73. The van der Waals surface area contributed by atoms with Crippen LogP contribution in [0.25, 0.3) is 0 Å². The maximum atomic E-state index is 12.2.